The first-order valence-electron chi connectivity index (χ1n) is 7.41. The van der Waals surface area contributed by atoms with Gasteiger partial charge in [0.25, 0.3) is 0 Å². The van der Waals surface area contributed by atoms with Crippen molar-refractivity contribution in [2.75, 3.05) is 0 Å². The van der Waals surface area contributed by atoms with E-state index < -0.39 is 0 Å². The van der Waals surface area contributed by atoms with E-state index in [9.17, 15) is 5.26 Å². The molecule has 20 heavy (non-hydrogen) atoms. The number of hydrogen-bond acceptors (Lipinski definition) is 4. The molecule has 0 unspecified atom stereocenters. The molecule has 0 aromatic carbocycles. The zero-order chi connectivity index (χ0) is 14.1. The first-order chi connectivity index (χ1) is 9.76. The lowest BCUT2D eigenvalue weighted by Gasteiger charge is -2.32. The molecule has 0 saturated heterocycles. The number of fused-ring (bicyclic) bond motifs is 1. The molecular formula is C15H20N4O. The normalized spacial score (nSPS) is 23.1. The fourth-order valence-electron chi connectivity index (χ4n) is 3.56. The van der Waals surface area contributed by atoms with Crippen molar-refractivity contribution >= 4 is 0 Å². The summed E-state index contributed by atoms with van der Waals surface area (Å²) in [6.07, 6.45) is 6.91. The van der Waals surface area contributed by atoms with E-state index in [-0.39, 0.29) is 11.8 Å². The third-order valence-corrected chi connectivity index (χ3v) is 4.54. The second-order valence-corrected chi connectivity index (χ2v) is 5.64. The number of allylic oxidation sites excluding steroid dienone is 1. The minimum Gasteiger partial charge on any atom is -0.420 e. The number of aryl methyl sites for hydroxylation is 1. The van der Waals surface area contributed by atoms with Crippen molar-refractivity contribution in [3.05, 3.63) is 22.7 Å². The van der Waals surface area contributed by atoms with E-state index in [0.29, 0.717) is 17.4 Å². The van der Waals surface area contributed by atoms with Crippen molar-refractivity contribution in [1.29, 1.82) is 5.26 Å². The maximum absolute atomic E-state index is 9.49. The molecule has 1 fully saturated rings. The van der Waals surface area contributed by atoms with E-state index in [2.05, 4.69) is 23.2 Å². The van der Waals surface area contributed by atoms with Crippen LogP contribution in [-0.2, 0) is 6.42 Å². The predicted molar refractivity (Wildman–Crippen MR) is 74.7 cm³/mol. The third kappa shape index (κ3) is 1.96. The molecule has 0 amide bonds. The fourth-order valence-corrected chi connectivity index (χ4v) is 3.56. The quantitative estimate of drug-likeness (QED) is 0.866. The van der Waals surface area contributed by atoms with Gasteiger partial charge in [-0.2, -0.15) is 5.26 Å². The molecule has 2 heterocycles. The highest BCUT2D eigenvalue weighted by Gasteiger charge is 2.38. The molecular weight excluding hydrogens is 252 g/mol. The highest BCUT2D eigenvalue weighted by Crippen LogP contribution is 2.47. The summed E-state index contributed by atoms with van der Waals surface area (Å²) in [5.74, 6) is 1.32. The number of aromatic nitrogens is 2. The lowest BCUT2D eigenvalue weighted by atomic mass is 9.73. The maximum atomic E-state index is 9.49. The molecule has 1 aromatic rings. The summed E-state index contributed by atoms with van der Waals surface area (Å²) >= 11 is 0. The lowest BCUT2D eigenvalue weighted by molar-refractivity contribution is 0.296. The number of nitrogens with one attached hydrogen (secondary N) is 1. The third-order valence-electron chi connectivity index (χ3n) is 4.54. The van der Waals surface area contributed by atoms with E-state index in [0.717, 1.165) is 30.5 Å². The number of rotatable bonds is 2. The van der Waals surface area contributed by atoms with E-state index in [1.165, 1.54) is 19.3 Å². The van der Waals surface area contributed by atoms with Crippen LogP contribution in [0.2, 0.25) is 0 Å². The molecule has 0 spiro atoms. The van der Waals surface area contributed by atoms with Gasteiger partial charge in [0, 0.05) is 17.2 Å². The Hall–Kier alpha value is -1.96. The van der Waals surface area contributed by atoms with Crippen molar-refractivity contribution in [2.24, 2.45) is 11.7 Å². The average molecular weight is 272 g/mol. The summed E-state index contributed by atoms with van der Waals surface area (Å²) in [4.78, 5) is 0. The molecule has 3 N–H and O–H groups in total. The number of nitrogens with two attached hydrogens (primary N) is 1. The minimum absolute atomic E-state index is 0.0535. The number of nitrogens with zero attached hydrogens (tertiary/aromatic N) is 2. The van der Waals surface area contributed by atoms with Crippen molar-refractivity contribution in [3.8, 4) is 11.9 Å². The van der Waals surface area contributed by atoms with Crippen LogP contribution in [0.3, 0.4) is 0 Å². The molecule has 0 bridgehead atoms. The van der Waals surface area contributed by atoms with Crippen LogP contribution in [0.5, 0.6) is 5.88 Å². The number of aromatic amines is 1. The van der Waals surface area contributed by atoms with Crippen LogP contribution in [0, 0.1) is 17.2 Å². The van der Waals surface area contributed by atoms with Gasteiger partial charge >= 0.3 is 0 Å². The van der Waals surface area contributed by atoms with Crippen LogP contribution < -0.4 is 10.5 Å². The van der Waals surface area contributed by atoms with Gasteiger partial charge < -0.3 is 10.5 Å². The van der Waals surface area contributed by atoms with Gasteiger partial charge in [0.2, 0.25) is 11.8 Å². The Morgan fingerprint density at radius 1 is 1.40 bits per heavy atom. The first-order valence-corrected chi connectivity index (χ1v) is 7.41. The molecule has 5 nitrogen and oxygen atoms in total. The monoisotopic (exact) mass is 272 g/mol. The SMILES string of the molecule is CCc1[nH]nc2c1[C@H](C1CCCCC1)C(C#N)=C(N)O2. The number of ether oxygens (including phenoxy) is 1. The van der Waals surface area contributed by atoms with Crippen LogP contribution in [-0.4, -0.2) is 10.2 Å². The Morgan fingerprint density at radius 3 is 2.80 bits per heavy atom. The molecule has 1 aliphatic heterocycles. The summed E-state index contributed by atoms with van der Waals surface area (Å²) in [6.45, 7) is 2.08. The summed E-state index contributed by atoms with van der Waals surface area (Å²) in [6, 6.07) is 2.27. The smallest absolute Gasteiger partial charge is 0.243 e. The van der Waals surface area contributed by atoms with Gasteiger partial charge in [-0.25, -0.2) is 0 Å². The van der Waals surface area contributed by atoms with Gasteiger partial charge in [-0.15, -0.1) is 5.10 Å². The van der Waals surface area contributed by atoms with Crippen molar-refractivity contribution < 1.29 is 4.74 Å². The number of hydrogen-bond donors (Lipinski definition) is 2. The number of nitriles is 1. The Kier molecular flexibility index (Phi) is 3.39. The molecule has 1 aliphatic carbocycles. The Morgan fingerprint density at radius 2 is 2.15 bits per heavy atom. The van der Waals surface area contributed by atoms with E-state index in [1.54, 1.807) is 0 Å². The van der Waals surface area contributed by atoms with Gasteiger partial charge in [-0.3, -0.25) is 5.10 Å². The molecule has 106 valence electrons. The Labute approximate surface area is 118 Å². The van der Waals surface area contributed by atoms with E-state index in [4.69, 9.17) is 10.5 Å². The van der Waals surface area contributed by atoms with Gasteiger partial charge in [0.05, 0.1) is 5.57 Å². The van der Waals surface area contributed by atoms with E-state index >= 15 is 0 Å². The van der Waals surface area contributed by atoms with Gasteiger partial charge in [-0.05, 0) is 25.2 Å². The molecule has 0 radical (unpaired) electrons. The summed E-state index contributed by atoms with van der Waals surface area (Å²) < 4.78 is 5.53. The van der Waals surface area contributed by atoms with Crippen molar-refractivity contribution in [3.63, 3.8) is 0 Å². The molecule has 2 aliphatic rings. The van der Waals surface area contributed by atoms with E-state index in [1.807, 2.05) is 0 Å². The number of H-pyrrole nitrogens is 1. The zero-order valence-electron chi connectivity index (χ0n) is 11.8. The maximum Gasteiger partial charge on any atom is 0.243 e. The standard InChI is InChI=1S/C15H20N4O/c1-2-11-13-12(9-6-4-3-5-7-9)10(8-16)14(17)20-15(13)19-18-11/h9,12H,2-7,17H2,1H3,(H,18,19)/t12-/m1/s1. The van der Waals surface area contributed by atoms with Crippen molar-refractivity contribution in [1.82, 2.24) is 10.2 Å². The van der Waals surface area contributed by atoms with Crippen molar-refractivity contribution in [2.45, 2.75) is 51.4 Å². The zero-order valence-corrected chi connectivity index (χ0v) is 11.8. The van der Waals surface area contributed by atoms with Crippen LogP contribution in [0.1, 0.15) is 56.2 Å². The average Bonchev–Trinajstić information content (AvgIpc) is 2.89. The van der Waals surface area contributed by atoms with Crippen LogP contribution in [0.25, 0.3) is 0 Å². The second kappa shape index (κ2) is 5.20. The van der Waals surface area contributed by atoms with Crippen LogP contribution in [0.15, 0.2) is 11.5 Å². The molecule has 1 aromatic heterocycles. The summed E-state index contributed by atoms with van der Waals surface area (Å²) in [7, 11) is 0. The van der Waals surface area contributed by atoms with Gasteiger partial charge in [-0.1, -0.05) is 26.2 Å². The second-order valence-electron chi connectivity index (χ2n) is 5.64. The summed E-state index contributed by atoms with van der Waals surface area (Å²) in [5.41, 5.74) is 8.64. The minimum atomic E-state index is 0.0535. The van der Waals surface area contributed by atoms with Crippen LogP contribution in [0.4, 0.5) is 0 Å². The molecule has 1 saturated carbocycles. The van der Waals surface area contributed by atoms with Gasteiger partial charge in [0.15, 0.2) is 0 Å². The Balaban J connectivity index is 2.07. The molecule has 5 heteroatoms. The summed E-state index contributed by atoms with van der Waals surface area (Å²) in [5, 5.41) is 16.7. The Bertz CT molecular complexity index is 575. The van der Waals surface area contributed by atoms with Crippen LogP contribution >= 0.6 is 0 Å². The predicted octanol–water partition coefficient (Wildman–Crippen LogP) is 2.72. The fraction of sp³-hybridized carbons (Fsp3) is 0.600. The largest absolute Gasteiger partial charge is 0.420 e. The molecule has 1 atom stereocenters. The lowest BCUT2D eigenvalue weighted by Crippen LogP contribution is -2.26. The van der Waals surface area contributed by atoms with Gasteiger partial charge in [0.1, 0.15) is 6.07 Å². The molecule has 3 rings (SSSR count). The highest BCUT2D eigenvalue weighted by molar-refractivity contribution is 5.49. The topological polar surface area (TPSA) is 87.7 Å². The highest BCUT2D eigenvalue weighted by atomic mass is 16.5. The first kappa shape index (κ1) is 13.0.